The van der Waals surface area contributed by atoms with E-state index in [1.165, 1.54) is 0 Å². The molecule has 2 N–H and O–H groups in total. The van der Waals surface area contributed by atoms with E-state index in [4.69, 9.17) is 15.2 Å². The van der Waals surface area contributed by atoms with E-state index in [-0.39, 0.29) is 0 Å². The first-order valence-electron chi connectivity index (χ1n) is 6.58. The lowest BCUT2D eigenvalue weighted by atomic mass is 10.2. The number of anilines is 1. The number of nitrogen functional groups attached to an aromatic ring is 1. The Labute approximate surface area is 122 Å². The van der Waals surface area contributed by atoms with Crippen LogP contribution < -0.4 is 15.2 Å². The van der Waals surface area contributed by atoms with Crippen molar-refractivity contribution >= 4 is 16.7 Å². The fourth-order valence-electron chi connectivity index (χ4n) is 2.43. The molecule has 0 aliphatic rings. The first kappa shape index (κ1) is 13.3. The van der Waals surface area contributed by atoms with Crippen LogP contribution in [-0.2, 0) is 7.05 Å². The topological polar surface area (TPSA) is 62.3 Å². The van der Waals surface area contributed by atoms with Crippen molar-refractivity contribution < 1.29 is 9.47 Å². The minimum Gasteiger partial charge on any atom is -0.497 e. The molecule has 0 aliphatic carbocycles. The van der Waals surface area contributed by atoms with Crippen molar-refractivity contribution in [2.24, 2.45) is 7.05 Å². The number of aromatic nitrogens is 2. The number of imidazole rings is 1. The van der Waals surface area contributed by atoms with Crippen molar-refractivity contribution in [3.63, 3.8) is 0 Å². The number of methoxy groups -OCH3 is 2. The van der Waals surface area contributed by atoms with Crippen LogP contribution >= 0.6 is 0 Å². The second-order valence-corrected chi connectivity index (χ2v) is 4.81. The summed E-state index contributed by atoms with van der Waals surface area (Å²) in [6.07, 6.45) is 0. The van der Waals surface area contributed by atoms with Crippen molar-refractivity contribution in [1.82, 2.24) is 9.55 Å². The number of aryl methyl sites for hydroxylation is 1. The molecule has 5 heteroatoms. The zero-order chi connectivity index (χ0) is 15.0. The van der Waals surface area contributed by atoms with Gasteiger partial charge in [0.25, 0.3) is 0 Å². The Morgan fingerprint density at radius 3 is 2.29 bits per heavy atom. The quantitative estimate of drug-likeness (QED) is 0.751. The monoisotopic (exact) mass is 283 g/mol. The lowest BCUT2D eigenvalue weighted by Gasteiger charge is -2.08. The Bertz CT molecular complexity index is 786. The Morgan fingerprint density at radius 1 is 1.05 bits per heavy atom. The largest absolute Gasteiger partial charge is 0.497 e. The van der Waals surface area contributed by atoms with Crippen LogP contribution in [-0.4, -0.2) is 23.8 Å². The Hall–Kier alpha value is -2.69. The normalized spacial score (nSPS) is 10.8. The van der Waals surface area contributed by atoms with Crippen molar-refractivity contribution in [1.29, 1.82) is 0 Å². The van der Waals surface area contributed by atoms with E-state index in [1.807, 2.05) is 48.0 Å². The summed E-state index contributed by atoms with van der Waals surface area (Å²) in [5.41, 5.74) is 9.39. The van der Waals surface area contributed by atoms with Crippen LogP contribution in [0.1, 0.15) is 0 Å². The third-order valence-corrected chi connectivity index (χ3v) is 3.55. The highest BCUT2D eigenvalue weighted by Crippen LogP contribution is 2.32. The molecule has 0 spiro atoms. The van der Waals surface area contributed by atoms with E-state index >= 15 is 0 Å². The molecule has 0 bridgehead atoms. The van der Waals surface area contributed by atoms with Crippen molar-refractivity contribution in [3.05, 3.63) is 36.4 Å². The number of nitrogens with zero attached hydrogens (tertiary/aromatic N) is 2. The highest BCUT2D eigenvalue weighted by atomic mass is 16.5. The number of ether oxygens (including phenoxy) is 2. The molecule has 3 aromatic rings. The Kier molecular flexibility index (Phi) is 3.17. The van der Waals surface area contributed by atoms with E-state index < -0.39 is 0 Å². The van der Waals surface area contributed by atoms with Crippen molar-refractivity contribution in [2.75, 3.05) is 20.0 Å². The van der Waals surface area contributed by atoms with Crippen LogP contribution in [0.4, 0.5) is 5.69 Å². The average molecular weight is 283 g/mol. The van der Waals surface area contributed by atoms with Crippen molar-refractivity contribution in [3.8, 4) is 22.9 Å². The van der Waals surface area contributed by atoms with Gasteiger partial charge in [0.2, 0.25) is 0 Å². The molecule has 0 amide bonds. The maximum Gasteiger partial charge on any atom is 0.141 e. The standard InChI is InChI=1S/C16H17N3O2/c1-19-14-6-4-5-13(17)15(14)18-16(19)10-7-11(20-2)9-12(8-10)21-3/h4-9H,17H2,1-3H3. The van der Waals surface area contributed by atoms with Crippen LogP contribution in [0.3, 0.4) is 0 Å². The summed E-state index contributed by atoms with van der Waals surface area (Å²) < 4.78 is 12.6. The third-order valence-electron chi connectivity index (χ3n) is 3.55. The molecule has 1 aromatic heterocycles. The van der Waals surface area contributed by atoms with Gasteiger partial charge in [-0.15, -0.1) is 0 Å². The zero-order valence-electron chi connectivity index (χ0n) is 12.3. The number of hydrogen-bond donors (Lipinski definition) is 1. The third kappa shape index (κ3) is 2.16. The fraction of sp³-hybridized carbons (Fsp3) is 0.188. The van der Waals surface area contributed by atoms with Crippen LogP contribution in [0.5, 0.6) is 11.5 Å². The summed E-state index contributed by atoms with van der Waals surface area (Å²) in [6.45, 7) is 0. The maximum absolute atomic E-state index is 6.00. The van der Waals surface area contributed by atoms with Gasteiger partial charge in [-0.2, -0.15) is 0 Å². The minimum absolute atomic E-state index is 0.671. The number of benzene rings is 2. The predicted octanol–water partition coefficient (Wildman–Crippen LogP) is 2.84. The first-order valence-corrected chi connectivity index (χ1v) is 6.58. The number of rotatable bonds is 3. The fourth-order valence-corrected chi connectivity index (χ4v) is 2.43. The van der Waals surface area contributed by atoms with E-state index in [0.29, 0.717) is 5.69 Å². The summed E-state index contributed by atoms with van der Waals surface area (Å²) in [6, 6.07) is 11.5. The Balaban J connectivity index is 2.25. The number of nitrogens with two attached hydrogens (primary N) is 1. The summed E-state index contributed by atoms with van der Waals surface area (Å²) in [5.74, 6) is 2.27. The minimum atomic E-state index is 0.671. The molecule has 0 fully saturated rings. The van der Waals surface area contributed by atoms with E-state index in [0.717, 1.165) is 33.9 Å². The lowest BCUT2D eigenvalue weighted by Crippen LogP contribution is -1.94. The zero-order valence-corrected chi connectivity index (χ0v) is 12.3. The molecule has 0 aliphatic heterocycles. The molecule has 21 heavy (non-hydrogen) atoms. The van der Waals surface area contributed by atoms with E-state index in [2.05, 4.69) is 4.98 Å². The predicted molar refractivity (Wildman–Crippen MR) is 83.7 cm³/mol. The summed E-state index contributed by atoms with van der Waals surface area (Å²) in [5, 5.41) is 0. The number of para-hydroxylation sites is 1. The number of fused-ring (bicyclic) bond motifs is 1. The van der Waals surface area contributed by atoms with Crippen LogP contribution in [0, 0.1) is 0 Å². The molecule has 0 atom stereocenters. The molecule has 0 radical (unpaired) electrons. The van der Waals surface area contributed by atoms with Gasteiger partial charge in [0.15, 0.2) is 0 Å². The maximum atomic E-state index is 6.00. The molecule has 1 heterocycles. The van der Waals surface area contributed by atoms with E-state index in [1.54, 1.807) is 14.2 Å². The van der Waals surface area contributed by atoms with Gasteiger partial charge in [-0.1, -0.05) is 6.07 Å². The summed E-state index contributed by atoms with van der Waals surface area (Å²) in [4.78, 5) is 4.66. The van der Waals surface area contributed by atoms with Crippen LogP contribution in [0.15, 0.2) is 36.4 Å². The molecule has 0 unspecified atom stereocenters. The first-order chi connectivity index (χ1) is 10.1. The van der Waals surface area contributed by atoms with Gasteiger partial charge in [-0.3, -0.25) is 0 Å². The molecule has 0 saturated heterocycles. The molecule has 108 valence electrons. The number of hydrogen-bond acceptors (Lipinski definition) is 4. The van der Waals surface area contributed by atoms with Gasteiger partial charge in [0, 0.05) is 18.7 Å². The molecular weight excluding hydrogens is 266 g/mol. The summed E-state index contributed by atoms with van der Waals surface area (Å²) >= 11 is 0. The van der Waals surface area contributed by atoms with Gasteiger partial charge in [-0.05, 0) is 24.3 Å². The molecule has 2 aromatic carbocycles. The second kappa shape index (κ2) is 5.01. The lowest BCUT2D eigenvalue weighted by molar-refractivity contribution is 0.394. The molecule has 3 rings (SSSR count). The van der Waals surface area contributed by atoms with Crippen LogP contribution in [0.2, 0.25) is 0 Å². The van der Waals surface area contributed by atoms with Crippen molar-refractivity contribution in [2.45, 2.75) is 0 Å². The van der Waals surface area contributed by atoms with Gasteiger partial charge in [-0.25, -0.2) is 4.98 Å². The molecular formula is C16H17N3O2. The van der Waals surface area contributed by atoms with Crippen LogP contribution in [0.25, 0.3) is 22.4 Å². The van der Waals surface area contributed by atoms with Gasteiger partial charge in [0.1, 0.15) is 22.8 Å². The van der Waals surface area contributed by atoms with Gasteiger partial charge < -0.3 is 19.8 Å². The second-order valence-electron chi connectivity index (χ2n) is 4.81. The van der Waals surface area contributed by atoms with Gasteiger partial charge in [0.05, 0.1) is 25.4 Å². The highest BCUT2D eigenvalue weighted by Gasteiger charge is 2.13. The average Bonchev–Trinajstić information content (AvgIpc) is 2.85. The summed E-state index contributed by atoms with van der Waals surface area (Å²) in [7, 11) is 5.23. The van der Waals surface area contributed by atoms with E-state index in [9.17, 15) is 0 Å². The molecule has 0 saturated carbocycles. The Morgan fingerprint density at radius 2 is 1.71 bits per heavy atom. The van der Waals surface area contributed by atoms with Gasteiger partial charge >= 0.3 is 0 Å². The molecule has 5 nitrogen and oxygen atoms in total. The highest BCUT2D eigenvalue weighted by molar-refractivity contribution is 5.90. The SMILES string of the molecule is COc1cc(OC)cc(-c2nc3c(N)cccc3n2C)c1. The smallest absolute Gasteiger partial charge is 0.141 e.